The minimum Gasteiger partial charge on any atom is -0.388 e. The zero-order valence-electron chi connectivity index (χ0n) is 8.58. The molecule has 1 heterocycles. The van der Waals surface area contributed by atoms with Crippen molar-refractivity contribution < 1.29 is 24.8 Å². The molecule has 0 aromatic rings. The summed E-state index contributed by atoms with van der Waals surface area (Å²) in [5.74, 6) is 0. The molecule has 0 aromatic carbocycles. The van der Waals surface area contributed by atoms with Crippen LogP contribution in [0.25, 0.3) is 0 Å². The highest BCUT2D eigenvalue weighted by atomic mass is 16.7. The summed E-state index contributed by atoms with van der Waals surface area (Å²) in [7, 11) is 0. The van der Waals surface area contributed by atoms with E-state index in [9.17, 15) is 15.3 Å². The van der Waals surface area contributed by atoms with Crippen molar-refractivity contribution in [1.82, 2.24) is 0 Å². The van der Waals surface area contributed by atoms with Gasteiger partial charge in [0.05, 0.1) is 13.2 Å². The Hall–Kier alpha value is -0.460. The summed E-state index contributed by atoms with van der Waals surface area (Å²) in [4.78, 5) is 0. The van der Waals surface area contributed by atoms with E-state index in [4.69, 9.17) is 9.47 Å². The first-order chi connectivity index (χ1) is 7.16. The Kier molecular flexibility index (Phi) is 5.21. The number of allylic oxidation sites excluding steroid dienone is 1. The predicted octanol–water partition coefficient (Wildman–Crippen LogP) is -0.592. The summed E-state index contributed by atoms with van der Waals surface area (Å²) >= 11 is 0. The van der Waals surface area contributed by atoms with Crippen molar-refractivity contribution in [3.63, 3.8) is 0 Å². The molecule has 88 valence electrons. The molecule has 0 radical (unpaired) electrons. The third-order valence-corrected chi connectivity index (χ3v) is 2.29. The lowest BCUT2D eigenvalue weighted by Gasteiger charge is -2.34. The van der Waals surface area contributed by atoms with Crippen LogP contribution < -0.4 is 0 Å². The Labute approximate surface area is 88.9 Å². The molecule has 0 saturated carbocycles. The van der Waals surface area contributed by atoms with Gasteiger partial charge in [0.25, 0.3) is 0 Å². The first kappa shape index (κ1) is 12.6. The van der Waals surface area contributed by atoms with Crippen LogP contribution >= 0.6 is 0 Å². The molecule has 1 saturated heterocycles. The minimum absolute atomic E-state index is 0.0235. The quantitative estimate of drug-likeness (QED) is 0.424. The van der Waals surface area contributed by atoms with E-state index in [0.717, 1.165) is 12.8 Å². The van der Waals surface area contributed by atoms with Crippen LogP contribution in [0, 0.1) is 0 Å². The molecule has 1 rings (SSSR count). The lowest BCUT2D eigenvalue weighted by atomic mass is 10.1. The van der Waals surface area contributed by atoms with Gasteiger partial charge in [0, 0.05) is 0 Å². The van der Waals surface area contributed by atoms with E-state index in [-0.39, 0.29) is 6.61 Å². The standard InChI is InChI=1S/C10H18O5/c1-2-3-4-5-14-10-9(13)8(12)7(11)6-15-10/h2,7-13H,1,3-6H2/t7-,8-,9+,10+/m1/s1. The average Bonchev–Trinajstić information content (AvgIpc) is 2.24. The van der Waals surface area contributed by atoms with Gasteiger partial charge in [-0.15, -0.1) is 6.58 Å². The van der Waals surface area contributed by atoms with E-state index in [0.29, 0.717) is 6.61 Å². The van der Waals surface area contributed by atoms with Gasteiger partial charge in [-0.1, -0.05) is 6.08 Å². The van der Waals surface area contributed by atoms with Crippen LogP contribution in [0.5, 0.6) is 0 Å². The molecule has 0 spiro atoms. The van der Waals surface area contributed by atoms with Crippen LogP contribution in [-0.2, 0) is 9.47 Å². The van der Waals surface area contributed by atoms with Crippen molar-refractivity contribution in [1.29, 1.82) is 0 Å². The van der Waals surface area contributed by atoms with E-state index >= 15 is 0 Å². The minimum atomic E-state index is -1.21. The third kappa shape index (κ3) is 3.55. The molecule has 1 aliphatic heterocycles. The molecule has 1 aliphatic rings. The highest BCUT2D eigenvalue weighted by Gasteiger charge is 2.37. The van der Waals surface area contributed by atoms with E-state index in [1.807, 2.05) is 0 Å². The molecule has 5 heteroatoms. The first-order valence-electron chi connectivity index (χ1n) is 5.05. The lowest BCUT2D eigenvalue weighted by Crippen LogP contribution is -2.53. The fourth-order valence-corrected chi connectivity index (χ4v) is 1.35. The van der Waals surface area contributed by atoms with Crippen LogP contribution in [0.15, 0.2) is 12.7 Å². The second-order valence-corrected chi connectivity index (χ2v) is 3.55. The van der Waals surface area contributed by atoms with Crippen molar-refractivity contribution in [2.75, 3.05) is 13.2 Å². The molecule has 1 fully saturated rings. The normalized spacial score (nSPS) is 36.5. The molecule has 0 aliphatic carbocycles. The van der Waals surface area contributed by atoms with E-state index in [2.05, 4.69) is 6.58 Å². The molecule has 5 nitrogen and oxygen atoms in total. The molecule has 15 heavy (non-hydrogen) atoms. The third-order valence-electron chi connectivity index (χ3n) is 2.29. The highest BCUT2D eigenvalue weighted by Crippen LogP contribution is 2.16. The van der Waals surface area contributed by atoms with Gasteiger partial charge in [-0.2, -0.15) is 0 Å². The van der Waals surface area contributed by atoms with Crippen LogP contribution in [0.2, 0.25) is 0 Å². The smallest absolute Gasteiger partial charge is 0.186 e. The number of hydrogen-bond donors (Lipinski definition) is 3. The number of ether oxygens (including phenoxy) is 2. The summed E-state index contributed by atoms with van der Waals surface area (Å²) in [6.45, 7) is 3.98. The van der Waals surface area contributed by atoms with Crippen molar-refractivity contribution >= 4 is 0 Å². The second kappa shape index (κ2) is 6.19. The zero-order valence-corrected chi connectivity index (χ0v) is 8.58. The van der Waals surface area contributed by atoms with Crippen LogP contribution in [0.1, 0.15) is 12.8 Å². The Balaban J connectivity index is 2.26. The van der Waals surface area contributed by atoms with Gasteiger partial charge in [0.1, 0.15) is 18.3 Å². The maximum Gasteiger partial charge on any atom is 0.186 e. The van der Waals surface area contributed by atoms with Gasteiger partial charge in [-0.05, 0) is 12.8 Å². The first-order valence-corrected chi connectivity index (χ1v) is 5.05. The number of rotatable bonds is 5. The topological polar surface area (TPSA) is 79.2 Å². The average molecular weight is 218 g/mol. The van der Waals surface area contributed by atoms with Gasteiger partial charge >= 0.3 is 0 Å². The van der Waals surface area contributed by atoms with E-state index in [1.165, 1.54) is 0 Å². The molecular formula is C10H18O5. The second-order valence-electron chi connectivity index (χ2n) is 3.55. The summed E-state index contributed by atoms with van der Waals surface area (Å²) in [5, 5.41) is 28.0. The van der Waals surface area contributed by atoms with Crippen molar-refractivity contribution in [2.24, 2.45) is 0 Å². The summed E-state index contributed by atoms with van der Waals surface area (Å²) < 4.78 is 10.3. The van der Waals surface area contributed by atoms with Crippen LogP contribution in [-0.4, -0.2) is 53.1 Å². The van der Waals surface area contributed by atoms with E-state index in [1.54, 1.807) is 6.08 Å². The Morgan fingerprint density at radius 3 is 2.73 bits per heavy atom. The maximum atomic E-state index is 9.48. The molecule has 0 aromatic heterocycles. The largest absolute Gasteiger partial charge is 0.388 e. The Bertz CT molecular complexity index is 196. The lowest BCUT2D eigenvalue weighted by molar-refractivity contribution is -0.269. The summed E-state index contributed by atoms with van der Waals surface area (Å²) in [5.41, 5.74) is 0. The molecular weight excluding hydrogens is 200 g/mol. The van der Waals surface area contributed by atoms with Gasteiger partial charge in [0.15, 0.2) is 6.29 Å². The number of unbranched alkanes of at least 4 members (excludes halogenated alkanes) is 1. The van der Waals surface area contributed by atoms with Crippen molar-refractivity contribution in [3.05, 3.63) is 12.7 Å². The fraction of sp³-hybridized carbons (Fsp3) is 0.800. The van der Waals surface area contributed by atoms with Gasteiger partial charge in [-0.25, -0.2) is 0 Å². The Morgan fingerprint density at radius 1 is 1.33 bits per heavy atom. The predicted molar refractivity (Wildman–Crippen MR) is 53.1 cm³/mol. The van der Waals surface area contributed by atoms with Crippen LogP contribution in [0.3, 0.4) is 0 Å². The molecule has 0 amide bonds. The fourth-order valence-electron chi connectivity index (χ4n) is 1.35. The number of hydrogen-bond acceptors (Lipinski definition) is 5. The van der Waals surface area contributed by atoms with Crippen molar-refractivity contribution in [2.45, 2.75) is 37.4 Å². The molecule has 4 atom stereocenters. The Morgan fingerprint density at radius 2 is 2.07 bits per heavy atom. The summed E-state index contributed by atoms with van der Waals surface area (Å²) in [6, 6.07) is 0. The van der Waals surface area contributed by atoms with Gasteiger partial charge in [-0.3, -0.25) is 0 Å². The summed E-state index contributed by atoms with van der Waals surface area (Å²) in [6.07, 6.45) is -0.912. The van der Waals surface area contributed by atoms with Gasteiger partial charge in [0.2, 0.25) is 0 Å². The monoisotopic (exact) mass is 218 g/mol. The number of aliphatic hydroxyl groups excluding tert-OH is 3. The zero-order chi connectivity index (χ0) is 11.3. The SMILES string of the molecule is C=CCCCO[C@H]1OC[C@@H](O)[C@@H](O)[C@@H]1O. The maximum absolute atomic E-state index is 9.48. The molecule has 3 N–H and O–H groups in total. The molecule has 0 unspecified atom stereocenters. The van der Waals surface area contributed by atoms with Gasteiger partial charge < -0.3 is 24.8 Å². The highest BCUT2D eigenvalue weighted by molar-refractivity contribution is 4.82. The van der Waals surface area contributed by atoms with E-state index < -0.39 is 24.6 Å². The number of aliphatic hydroxyl groups is 3. The van der Waals surface area contributed by atoms with Crippen LogP contribution in [0.4, 0.5) is 0 Å². The van der Waals surface area contributed by atoms with Crippen molar-refractivity contribution in [3.8, 4) is 0 Å². The molecule has 0 bridgehead atoms.